The van der Waals surface area contributed by atoms with E-state index in [9.17, 15) is 9.59 Å². The second kappa shape index (κ2) is 6.00. The van der Waals surface area contributed by atoms with Gasteiger partial charge in [0, 0.05) is 4.47 Å². The van der Waals surface area contributed by atoms with Crippen molar-refractivity contribution in [3.63, 3.8) is 0 Å². The van der Waals surface area contributed by atoms with Crippen LogP contribution in [-0.2, 0) is 19.1 Å². The predicted molar refractivity (Wildman–Crippen MR) is 70.4 cm³/mol. The van der Waals surface area contributed by atoms with Crippen LogP contribution in [0.1, 0.15) is 22.6 Å². The molecule has 0 atom stereocenters. The Hall–Kier alpha value is -1.36. The van der Waals surface area contributed by atoms with E-state index < -0.39 is 17.9 Å². The number of carbonyl (C=O) groups is 2. The number of esters is 2. The third-order valence-electron chi connectivity index (χ3n) is 2.64. The molecule has 0 saturated heterocycles. The van der Waals surface area contributed by atoms with Gasteiger partial charge in [-0.2, -0.15) is 0 Å². The first kappa shape index (κ1) is 14.7. The fourth-order valence-electron chi connectivity index (χ4n) is 1.86. The quantitative estimate of drug-likeness (QED) is 0.635. The molecule has 5 heteroatoms. The van der Waals surface area contributed by atoms with Crippen LogP contribution in [0, 0.1) is 13.8 Å². The Bertz CT molecular complexity index is 443. The summed E-state index contributed by atoms with van der Waals surface area (Å²) in [4.78, 5) is 23.5. The zero-order valence-electron chi connectivity index (χ0n) is 10.7. The summed E-state index contributed by atoms with van der Waals surface area (Å²) in [5.74, 6) is -2.32. The van der Waals surface area contributed by atoms with Gasteiger partial charge >= 0.3 is 11.9 Å². The summed E-state index contributed by atoms with van der Waals surface area (Å²) in [6, 6.07) is 3.75. The van der Waals surface area contributed by atoms with Crippen molar-refractivity contribution in [1.29, 1.82) is 0 Å². The van der Waals surface area contributed by atoms with Gasteiger partial charge in [0.1, 0.15) is 0 Å². The summed E-state index contributed by atoms with van der Waals surface area (Å²) >= 11 is 3.38. The molecule has 0 aliphatic rings. The Morgan fingerprint density at radius 2 is 1.61 bits per heavy atom. The lowest BCUT2D eigenvalue weighted by molar-refractivity contribution is -0.154. The molecular weight excluding hydrogens is 300 g/mol. The first-order valence-corrected chi connectivity index (χ1v) is 6.14. The second-order valence-electron chi connectivity index (χ2n) is 3.96. The topological polar surface area (TPSA) is 52.6 Å². The van der Waals surface area contributed by atoms with E-state index in [1.807, 2.05) is 26.0 Å². The van der Waals surface area contributed by atoms with Crippen molar-refractivity contribution in [1.82, 2.24) is 0 Å². The maximum atomic E-state index is 11.8. The lowest BCUT2D eigenvalue weighted by Crippen LogP contribution is -2.25. The Labute approximate surface area is 114 Å². The average Bonchev–Trinajstić information content (AvgIpc) is 2.31. The van der Waals surface area contributed by atoms with Gasteiger partial charge in [0.2, 0.25) is 0 Å². The molecule has 0 aliphatic heterocycles. The molecule has 0 amide bonds. The lowest BCUT2D eigenvalue weighted by Gasteiger charge is -2.17. The van der Waals surface area contributed by atoms with Crippen LogP contribution in [0.15, 0.2) is 16.6 Å². The number of benzene rings is 1. The van der Waals surface area contributed by atoms with Crippen molar-refractivity contribution < 1.29 is 19.1 Å². The van der Waals surface area contributed by atoms with E-state index >= 15 is 0 Å². The molecule has 1 aromatic rings. The zero-order valence-corrected chi connectivity index (χ0v) is 12.3. The summed E-state index contributed by atoms with van der Waals surface area (Å²) in [6.07, 6.45) is 0. The molecule has 98 valence electrons. The van der Waals surface area contributed by atoms with Crippen molar-refractivity contribution in [2.45, 2.75) is 19.8 Å². The Morgan fingerprint density at radius 3 is 2.00 bits per heavy atom. The smallest absolute Gasteiger partial charge is 0.324 e. The lowest BCUT2D eigenvalue weighted by atomic mass is 9.93. The van der Waals surface area contributed by atoms with Crippen LogP contribution in [0.25, 0.3) is 0 Å². The van der Waals surface area contributed by atoms with Crippen LogP contribution in [0.5, 0.6) is 0 Å². The number of rotatable bonds is 3. The molecule has 1 rings (SSSR count). The highest BCUT2D eigenvalue weighted by atomic mass is 79.9. The summed E-state index contributed by atoms with van der Waals surface area (Å²) in [5, 5.41) is 0. The van der Waals surface area contributed by atoms with Crippen LogP contribution in [0.3, 0.4) is 0 Å². The zero-order chi connectivity index (χ0) is 13.9. The molecule has 0 aromatic heterocycles. The summed E-state index contributed by atoms with van der Waals surface area (Å²) in [5.41, 5.74) is 2.46. The molecule has 0 fully saturated rings. The third-order valence-corrected chi connectivity index (χ3v) is 3.30. The monoisotopic (exact) mass is 314 g/mol. The van der Waals surface area contributed by atoms with Gasteiger partial charge in [-0.05, 0) is 36.6 Å². The SMILES string of the molecule is COC(=O)C(C(=O)OC)c1c(C)cc(C)cc1Br. The number of methoxy groups -OCH3 is 2. The van der Waals surface area contributed by atoms with Gasteiger partial charge in [-0.3, -0.25) is 9.59 Å². The number of hydrogen-bond donors (Lipinski definition) is 0. The van der Waals surface area contributed by atoms with Gasteiger partial charge in [0.15, 0.2) is 5.92 Å². The van der Waals surface area contributed by atoms with E-state index in [2.05, 4.69) is 25.4 Å². The van der Waals surface area contributed by atoms with E-state index in [0.717, 1.165) is 11.1 Å². The van der Waals surface area contributed by atoms with Crippen LogP contribution < -0.4 is 0 Å². The van der Waals surface area contributed by atoms with Gasteiger partial charge in [-0.25, -0.2) is 0 Å². The summed E-state index contributed by atoms with van der Waals surface area (Å²) in [6.45, 7) is 3.78. The van der Waals surface area contributed by atoms with Crippen molar-refractivity contribution in [2.24, 2.45) is 0 Å². The Morgan fingerprint density at radius 1 is 1.11 bits per heavy atom. The molecular formula is C13H15BrO4. The standard InChI is InChI=1S/C13H15BrO4/c1-7-5-8(2)10(9(14)6-7)11(12(15)17-3)13(16)18-4/h5-6,11H,1-4H3. The number of carbonyl (C=O) groups excluding carboxylic acids is 2. The minimum Gasteiger partial charge on any atom is -0.468 e. The molecule has 0 saturated carbocycles. The van der Waals surface area contributed by atoms with E-state index in [4.69, 9.17) is 0 Å². The highest BCUT2D eigenvalue weighted by molar-refractivity contribution is 9.10. The number of halogens is 1. The number of ether oxygens (including phenoxy) is 2. The van der Waals surface area contributed by atoms with Gasteiger partial charge in [0.05, 0.1) is 14.2 Å². The van der Waals surface area contributed by atoms with Crippen molar-refractivity contribution >= 4 is 27.9 Å². The summed E-state index contributed by atoms with van der Waals surface area (Å²) < 4.78 is 10.0. The van der Waals surface area contributed by atoms with E-state index in [-0.39, 0.29) is 0 Å². The fraction of sp³-hybridized carbons (Fsp3) is 0.385. The average molecular weight is 315 g/mol. The molecule has 0 unspecified atom stereocenters. The molecule has 0 heterocycles. The van der Waals surface area contributed by atoms with Crippen LogP contribution in [0.2, 0.25) is 0 Å². The number of aryl methyl sites for hydroxylation is 2. The molecule has 0 spiro atoms. The highest BCUT2D eigenvalue weighted by Crippen LogP contribution is 2.31. The van der Waals surface area contributed by atoms with E-state index in [1.54, 1.807) is 0 Å². The normalized spacial score (nSPS) is 10.3. The van der Waals surface area contributed by atoms with E-state index in [1.165, 1.54) is 14.2 Å². The van der Waals surface area contributed by atoms with Gasteiger partial charge < -0.3 is 9.47 Å². The van der Waals surface area contributed by atoms with Gasteiger partial charge in [-0.1, -0.05) is 22.0 Å². The van der Waals surface area contributed by atoms with Crippen LogP contribution in [-0.4, -0.2) is 26.2 Å². The van der Waals surface area contributed by atoms with Crippen molar-refractivity contribution in [3.8, 4) is 0 Å². The van der Waals surface area contributed by atoms with Crippen molar-refractivity contribution in [2.75, 3.05) is 14.2 Å². The predicted octanol–water partition coefficient (Wildman–Crippen LogP) is 2.50. The Balaban J connectivity index is 3.38. The third kappa shape index (κ3) is 2.90. The maximum Gasteiger partial charge on any atom is 0.324 e. The molecule has 0 N–H and O–H groups in total. The fourth-order valence-corrected chi connectivity index (χ4v) is 2.76. The summed E-state index contributed by atoms with van der Waals surface area (Å²) in [7, 11) is 2.49. The highest BCUT2D eigenvalue weighted by Gasteiger charge is 2.33. The van der Waals surface area contributed by atoms with E-state index in [0.29, 0.717) is 10.0 Å². The molecule has 0 bridgehead atoms. The number of hydrogen-bond acceptors (Lipinski definition) is 4. The second-order valence-corrected chi connectivity index (χ2v) is 4.81. The molecule has 0 radical (unpaired) electrons. The largest absolute Gasteiger partial charge is 0.468 e. The van der Waals surface area contributed by atoms with Crippen LogP contribution >= 0.6 is 15.9 Å². The van der Waals surface area contributed by atoms with Gasteiger partial charge in [-0.15, -0.1) is 0 Å². The molecule has 18 heavy (non-hydrogen) atoms. The maximum absolute atomic E-state index is 11.8. The van der Waals surface area contributed by atoms with Gasteiger partial charge in [0.25, 0.3) is 0 Å². The molecule has 4 nitrogen and oxygen atoms in total. The minimum atomic E-state index is -1.06. The van der Waals surface area contributed by atoms with Crippen molar-refractivity contribution in [3.05, 3.63) is 33.3 Å². The minimum absolute atomic E-state index is 0.583. The Kier molecular flexibility index (Phi) is 4.90. The first-order chi connectivity index (χ1) is 8.42. The van der Waals surface area contributed by atoms with Crippen LogP contribution in [0.4, 0.5) is 0 Å². The molecule has 0 aliphatic carbocycles. The first-order valence-electron chi connectivity index (χ1n) is 5.34. The molecule has 1 aromatic carbocycles.